The lowest BCUT2D eigenvalue weighted by Gasteiger charge is -2.40. The summed E-state index contributed by atoms with van der Waals surface area (Å²) in [6.07, 6.45) is 75.0. The van der Waals surface area contributed by atoms with Gasteiger partial charge in [-0.25, -0.2) is 0 Å². The normalized spacial score (nSPS) is 18.9. The molecule has 11 nitrogen and oxygen atoms in total. The molecule has 0 aromatic rings. The molecule has 1 fully saturated rings. The van der Waals surface area contributed by atoms with Gasteiger partial charge in [0.2, 0.25) is 5.91 Å². The summed E-state index contributed by atoms with van der Waals surface area (Å²) in [6, 6.07) is -1.19. The molecule has 1 heterocycles. The highest BCUT2D eigenvalue weighted by molar-refractivity contribution is 5.80. The number of allylic oxidation sites excluding steroid dienone is 8. The summed E-state index contributed by atoms with van der Waals surface area (Å²) in [6.45, 7) is 3.49. The molecule has 0 aromatic heterocycles. The second-order valence-electron chi connectivity index (χ2n) is 26.7. The van der Waals surface area contributed by atoms with Crippen molar-refractivity contribution >= 4 is 5.91 Å². The van der Waals surface area contributed by atoms with Crippen LogP contribution in [0.3, 0.4) is 0 Å². The van der Waals surface area contributed by atoms with Crippen LogP contribution >= 0.6 is 0 Å². The summed E-state index contributed by atoms with van der Waals surface area (Å²) >= 11 is 0. The predicted molar refractivity (Wildman–Crippen MR) is 372 cm³/mol. The van der Waals surface area contributed by atoms with Crippen LogP contribution in [0.15, 0.2) is 48.6 Å². The first-order valence-corrected chi connectivity index (χ1v) is 38.0. The van der Waals surface area contributed by atoms with Gasteiger partial charge in [-0.2, -0.15) is 0 Å². The van der Waals surface area contributed by atoms with Gasteiger partial charge in [0.05, 0.1) is 25.4 Å². The zero-order valence-electron chi connectivity index (χ0n) is 57.5. The van der Waals surface area contributed by atoms with E-state index in [9.17, 15) is 40.5 Å². The van der Waals surface area contributed by atoms with Crippen molar-refractivity contribution in [1.29, 1.82) is 0 Å². The fourth-order valence-corrected chi connectivity index (χ4v) is 12.3. The summed E-state index contributed by atoms with van der Waals surface area (Å²) in [5, 5.41) is 76.6. The van der Waals surface area contributed by atoms with Crippen molar-refractivity contribution in [2.45, 2.75) is 422 Å². The molecular weight excluding hydrogens is 1100 g/mol. The topological polar surface area (TPSA) is 189 Å². The lowest BCUT2D eigenvalue weighted by atomic mass is 9.98. The second-order valence-corrected chi connectivity index (χ2v) is 26.7. The average Bonchev–Trinajstić information content (AvgIpc) is 3.73. The molecule has 1 saturated heterocycles. The van der Waals surface area contributed by atoms with E-state index < -0.39 is 74.2 Å². The minimum absolute atomic E-state index is 0.247. The molecule has 11 heteroatoms. The Balaban J connectivity index is 2.19. The Labute approximate surface area is 542 Å². The molecule has 9 unspecified atom stereocenters. The summed E-state index contributed by atoms with van der Waals surface area (Å²) in [4.78, 5) is 13.3. The van der Waals surface area contributed by atoms with Gasteiger partial charge in [0.15, 0.2) is 6.29 Å². The predicted octanol–water partition coefficient (Wildman–Crippen LogP) is 19.1. The number of aliphatic hydroxyl groups is 7. The fraction of sp³-hybridized carbons (Fsp3) is 0.883. The van der Waals surface area contributed by atoms with E-state index in [1.165, 1.54) is 276 Å². The Bertz CT molecular complexity index is 1570. The molecule has 0 bridgehead atoms. The number of rotatable bonds is 67. The van der Waals surface area contributed by atoms with Crippen molar-refractivity contribution in [2.24, 2.45) is 0 Å². The van der Waals surface area contributed by atoms with Gasteiger partial charge in [-0.3, -0.25) is 4.79 Å². The average molecular weight is 1250 g/mol. The Hall–Kier alpha value is -1.93. The largest absolute Gasteiger partial charge is 0.394 e. The summed E-state index contributed by atoms with van der Waals surface area (Å²) < 4.78 is 11.2. The Morgan fingerprint density at radius 1 is 0.398 bits per heavy atom. The maximum Gasteiger partial charge on any atom is 0.249 e. The van der Waals surface area contributed by atoms with Gasteiger partial charge in [-0.05, 0) is 83.5 Å². The number of hydrogen-bond donors (Lipinski definition) is 8. The van der Waals surface area contributed by atoms with E-state index in [0.717, 1.165) is 44.9 Å². The fourth-order valence-electron chi connectivity index (χ4n) is 12.3. The van der Waals surface area contributed by atoms with Crippen molar-refractivity contribution < 1.29 is 50.0 Å². The first-order chi connectivity index (χ1) is 43.2. The van der Waals surface area contributed by atoms with E-state index in [-0.39, 0.29) is 12.8 Å². The molecule has 1 rings (SSSR count). The van der Waals surface area contributed by atoms with Crippen LogP contribution in [0.1, 0.15) is 367 Å². The molecule has 88 heavy (non-hydrogen) atoms. The molecule has 0 radical (unpaired) electrons. The minimum Gasteiger partial charge on any atom is -0.394 e. The van der Waals surface area contributed by atoms with Crippen LogP contribution in [0.25, 0.3) is 0 Å². The number of nitrogens with one attached hydrogen (secondary N) is 1. The summed E-state index contributed by atoms with van der Waals surface area (Å²) in [5.41, 5.74) is 0. The smallest absolute Gasteiger partial charge is 0.249 e. The number of amides is 1. The van der Waals surface area contributed by atoms with Crippen molar-refractivity contribution in [3.05, 3.63) is 48.6 Å². The highest BCUT2D eigenvalue weighted by atomic mass is 16.7. The van der Waals surface area contributed by atoms with Gasteiger partial charge in [0, 0.05) is 0 Å². The van der Waals surface area contributed by atoms with E-state index >= 15 is 0 Å². The molecular formula is C77H145NO10. The molecule has 1 aliphatic rings. The third-order valence-corrected chi connectivity index (χ3v) is 18.3. The summed E-state index contributed by atoms with van der Waals surface area (Å²) in [7, 11) is 0. The molecule has 0 aromatic carbocycles. The molecule has 0 spiro atoms. The van der Waals surface area contributed by atoms with Crippen LogP contribution in [-0.2, 0) is 14.3 Å². The van der Waals surface area contributed by atoms with Crippen LogP contribution in [0.5, 0.6) is 0 Å². The SMILES string of the molecule is CCCCCCCCCCC/C=C\C/C=C\CCCCCCCCCCCCCCCCCCC(O)C(=O)NC(COC1OC(CO)C(O)C(O)C1O)C(O)C(O)CCC/C=C/CC/C=C/CCCCCCCCCCCCCCCCCCCCCC. The monoisotopic (exact) mass is 1240 g/mol. The highest BCUT2D eigenvalue weighted by Gasteiger charge is 2.44. The minimum atomic E-state index is -1.67. The van der Waals surface area contributed by atoms with Gasteiger partial charge in [0.25, 0.3) is 0 Å². The third kappa shape index (κ3) is 51.6. The zero-order chi connectivity index (χ0) is 63.9. The van der Waals surface area contributed by atoms with Crippen molar-refractivity contribution in [1.82, 2.24) is 5.32 Å². The summed E-state index contributed by atoms with van der Waals surface area (Å²) in [5.74, 6) is -0.706. The number of hydrogen-bond acceptors (Lipinski definition) is 10. The molecule has 0 saturated carbocycles. The molecule has 1 amide bonds. The van der Waals surface area contributed by atoms with Crippen LogP contribution in [0.4, 0.5) is 0 Å². The van der Waals surface area contributed by atoms with Gasteiger partial charge < -0.3 is 50.5 Å². The number of aliphatic hydroxyl groups excluding tert-OH is 7. The van der Waals surface area contributed by atoms with Crippen LogP contribution in [-0.4, -0.2) is 110 Å². The molecule has 9 atom stereocenters. The van der Waals surface area contributed by atoms with E-state index in [0.29, 0.717) is 19.3 Å². The van der Waals surface area contributed by atoms with E-state index in [2.05, 4.69) is 67.8 Å². The maximum absolute atomic E-state index is 13.3. The van der Waals surface area contributed by atoms with Crippen LogP contribution < -0.4 is 5.32 Å². The first kappa shape index (κ1) is 84.1. The first-order valence-electron chi connectivity index (χ1n) is 38.0. The lowest BCUT2D eigenvalue weighted by Crippen LogP contribution is -2.60. The number of carbonyl (C=O) groups excluding carboxylic acids is 1. The van der Waals surface area contributed by atoms with Crippen molar-refractivity contribution in [3.63, 3.8) is 0 Å². The van der Waals surface area contributed by atoms with Gasteiger partial charge in [-0.1, -0.05) is 332 Å². The van der Waals surface area contributed by atoms with E-state index in [1.54, 1.807) is 0 Å². The van der Waals surface area contributed by atoms with Gasteiger partial charge >= 0.3 is 0 Å². The van der Waals surface area contributed by atoms with Gasteiger partial charge in [0.1, 0.15) is 36.6 Å². The molecule has 0 aliphatic carbocycles. The number of ether oxygens (including phenoxy) is 2. The second kappa shape index (κ2) is 65.1. The van der Waals surface area contributed by atoms with E-state index in [1.807, 2.05) is 0 Å². The lowest BCUT2D eigenvalue weighted by molar-refractivity contribution is -0.303. The van der Waals surface area contributed by atoms with Gasteiger partial charge in [-0.15, -0.1) is 0 Å². The Morgan fingerprint density at radius 3 is 1.08 bits per heavy atom. The highest BCUT2D eigenvalue weighted by Crippen LogP contribution is 2.24. The molecule has 518 valence electrons. The Kier molecular flexibility index (Phi) is 62.2. The number of carbonyl (C=O) groups is 1. The Morgan fingerprint density at radius 2 is 0.716 bits per heavy atom. The maximum atomic E-state index is 13.3. The van der Waals surface area contributed by atoms with Crippen molar-refractivity contribution in [3.8, 4) is 0 Å². The quantitative estimate of drug-likeness (QED) is 0.0215. The van der Waals surface area contributed by atoms with E-state index in [4.69, 9.17) is 9.47 Å². The third-order valence-electron chi connectivity index (χ3n) is 18.3. The standard InChI is InChI=1S/C77H145NO10/c1-3-5-7-9-11-13-15-17-19-21-23-25-27-29-31-33-34-35-37-39-41-43-45-47-49-51-53-55-57-59-61-63-65-70(81)76(86)78-68(67-87-77-75(85)74(84)73(83)71(66-79)88-77)72(82)69(80)64-62-60-58-56-54-52-50-48-46-44-42-40-38-36-32-30-28-26-24-22-20-18-16-14-12-10-8-6-4-2/h23,25,29,31,48,50,56,58,68-75,77,79-85H,3-22,24,26-28,30,32-47,49,51-55,57,59-67H2,1-2H3,(H,78,86)/b25-23-,31-29-,50-48+,58-56+. The molecule has 1 aliphatic heterocycles. The van der Waals surface area contributed by atoms with Crippen molar-refractivity contribution in [2.75, 3.05) is 13.2 Å². The number of unbranched alkanes of at least 4 members (excludes halogenated alkanes) is 47. The molecule has 8 N–H and O–H groups in total. The van der Waals surface area contributed by atoms with Crippen LogP contribution in [0.2, 0.25) is 0 Å². The van der Waals surface area contributed by atoms with Crippen LogP contribution in [0, 0.1) is 0 Å². The zero-order valence-corrected chi connectivity index (χ0v) is 57.5.